The molecule has 0 spiro atoms. The highest BCUT2D eigenvalue weighted by Gasteiger charge is 2.17. The zero-order valence-corrected chi connectivity index (χ0v) is 11.5. The second-order valence-corrected chi connectivity index (χ2v) is 4.83. The van der Waals surface area contributed by atoms with Crippen LogP contribution in [0.5, 0.6) is 0 Å². The molecule has 3 N–H and O–H groups in total. The van der Waals surface area contributed by atoms with E-state index in [0.717, 1.165) is 16.9 Å². The summed E-state index contributed by atoms with van der Waals surface area (Å²) in [5.74, 6) is 0.755. The predicted octanol–water partition coefficient (Wildman–Crippen LogP) is 1.60. The van der Waals surface area contributed by atoms with Crippen molar-refractivity contribution >= 4 is 16.9 Å². The van der Waals surface area contributed by atoms with Crippen molar-refractivity contribution in [3.8, 4) is 0 Å². The number of aromatic amines is 1. The fraction of sp³-hybridized carbons (Fsp3) is 0.429. The first-order valence-electron chi connectivity index (χ1n) is 6.51. The first-order valence-corrected chi connectivity index (χ1v) is 6.51. The molecule has 2 rings (SSSR count). The van der Waals surface area contributed by atoms with Crippen LogP contribution in [0.15, 0.2) is 24.3 Å². The maximum atomic E-state index is 11.9. The van der Waals surface area contributed by atoms with E-state index < -0.39 is 0 Å². The third-order valence-corrected chi connectivity index (χ3v) is 3.13. The number of para-hydroxylation sites is 2. The highest BCUT2D eigenvalue weighted by molar-refractivity contribution is 5.79. The SMILES string of the molecule is CNCC(C)C(=O)NC(C)c1nc2ccccc2[nH]1. The molecule has 0 saturated heterocycles. The molecular weight excluding hydrogens is 240 g/mol. The molecule has 1 aromatic heterocycles. The van der Waals surface area contributed by atoms with E-state index in [-0.39, 0.29) is 17.9 Å². The van der Waals surface area contributed by atoms with Gasteiger partial charge in [0.15, 0.2) is 0 Å². The molecule has 0 aliphatic rings. The molecule has 102 valence electrons. The molecule has 0 saturated carbocycles. The van der Waals surface area contributed by atoms with Gasteiger partial charge in [-0.25, -0.2) is 4.98 Å². The molecule has 5 nitrogen and oxygen atoms in total. The second-order valence-electron chi connectivity index (χ2n) is 4.83. The Labute approximate surface area is 112 Å². The van der Waals surface area contributed by atoms with Gasteiger partial charge in [-0.3, -0.25) is 4.79 Å². The van der Waals surface area contributed by atoms with Crippen LogP contribution in [-0.2, 0) is 4.79 Å². The van der Waals surface area contributed by atoms with E-state index in [1.165, 1.54) is 0 Å². The number of hydrogen-bond donors (Lipinski definition) is 3. The maximum Gasteiger partial charge on any atom is 0.224 e. The van der Waals surface area contributed by atoms with Crippen molar-refractivity contribution in [1.29, 1.82) is 0 Å². The van der Waals surface area contributed by atoms with Crippen molar-refractivity contribution < 1.29 is 4.79 Å². The quantitative estimate of drug-likeness (QED) is 0.764. The van der Waals surface area contributed by atoms with Crippen LogP contribution >= 0.6 is 0 Å². The number of hydrogen-bond acceptors (Lipinski definition) is 3. The summed E-state index contributed by atoms with van der Waals surface area (Å²) in [5.41, 5.74) is 1.91. The highest BCUT2D eigenvalue weighted by atomic mass is 16.1. The normalized spacial score (nSPS) is 14.3. The Morgan fingerprint density at radius 1 is 1.37 bits per heavy atom. The minimum Gasteiger partial charge on any atom is -0.346 e. The van der Waals surface area contributed by atoms with Gasteiger partial charge >= 0.3 is 0 Å². The molecule has 5 heteroatoms. The topological polar surface area (TPSA) is 69.8 Å². The first kappa shape index (κ1) is 13.5. The molecule has 0 bridgehead atoms. The van der Waals surface area contributed by atoms with Crippen LogP contribution in [0.3, 0.4) is 0 Å². The summed E-state index contributed by atoms with van der Waals surface area (Å²) in [6.45, 7) is 4.50. The summed E-state index contributed by atoms with van der Waals surface area (Å²) in [4.78, 5) is 19.7. The van der Waals surface area contributed by atoms with Crippen molar-refractivity contribution in [3.05, 3.63) is 30.1 Å². The van der Waals surface area contributed by atoms with Crippen LogP contribution in [0.25, 0.3) is 11.0 Å². The zero-order valence-electron chi connectivity index (χ0n) is 11.5. The average molecular weight is 260 g/mol. The van der Waals surface area contributed by atoms with Gasteiger partial charge < -0.3 is 15.6 Å². The van der Waals surface area contributed by atoms with Gasteiger partial charge in [0.25, 0.3) is 0 Å². The molecule has 2 unspecified atom stereocenters. The number of amides is 1. The standard InChI is InChI=1S/C14H20N4O/c1-9(8-15-3)14(19)16-10(2)13-17-11-6-4-5-7-12(11)18-13/h4-7,9-10,15H,8H2,1-3H3,(H,16,19)(H,17,18). The molecule has 1 aromatic carbocycles. The van der Waals surface area contributed by atoms with Gasteiger partial charge in [-0.05, 0) is 26.1 Å². The van der Waals surface area contributed by atoms with Crippen LogP contribution in [0.1, 0.15) is 25.7 Å². The summed E-state index contributed by atoms with van der Waals surface area (Å²) < 4.78 is 0. The number of rotatable bonds is 5. The lowest BCUT2D eigenvalue weighted by Crippen LogP contribution is -2.36. The molecule has 1 heterocycles. The van der Waals surface area contributed by atoms with Gasteiger partial charge in [0.1, 0.15) is 5.82 Å². The third kappa shape index (κ3) is 3.12. The number of carbonyl (C=O) groups is 1. The number of aromatic nitrogens is 2. The fourth-order valence-electron chi connectivity index (χ4n) is 2.00. The van der Waals surface area contributed by atoms with Gasteiger partial charge in [-0.15, -0.1) is 0 Å². The smallest absolute Gasteiger partial charge is 0.224 e. The van der Waals surface area contributed by atoms with E-state index >= 15 is 0 Å². The second kappa shape index (κ2) is 5.84. The van der Waals surface area contributed by atoms with Gasteiger partial charge in [0.2, 0.25) is 5.91 Å². The number of fused-ring (bicyclic) bond motifs is 1. The van der Waals surface area contributed by atoms with Crippen molar-refractivity contribution in [2.24, 2.45) is 5.92 Å². The summed E-state index contributed by atoms with van der Waals surface area (Å²) in [5, 5.41) is 5.97. The molecule has 0 aliphatic carbocycles. The minimum absolute atomic E-state index is 0.0299. The van der Waals surface area contributed by atoms with Crippen LogP contribution in [0, 0.1) is 5.92 Å². The summed E-state index contributed by atoms with van der Waals surface area (Å²) in [6, 6.07) is 7.71. The molecule has 1 amide bonds. The number of nitrogens with one attached hydrogen (secondary N) is 3. The minimum atomic E-state index is -0.126. The average Bonchev–Trinajstić information content (AvgIpc) is 2.82. The predicted molar refractivity (Wildman–Crippen MR) is 75.7 cm³/mol. The number of benzene rings is 1. The lowest BCUT2D eigenvalue weighted by atomic mass is 10.1. The van der Waals surface area contributed by atoms with Crippen molar-refractivity contribution in [2.75, 3.05) is 13.6 Å². The van der Waals surface area contributed by atoms with E-state index in [9.17, 15) is 4.79 Å². The Morgan fingerprint density at radius 2 is 2.11 bits per heavy atom. The summed E-state index contributed by atoms with van der Waals surface area (Å²) >= 11 is 0. The number of H-pyrrole nitrogens is 1. The Kier molecular flexibility index (Phi) is 4.16. The molecular formula is C14H20N4O. The molecule has 2 atom stereocenters. The van der Waals surface area contributed by atoms with E-state index in [1.807, 2.05) is 45.2 Å². The van der Waals surface area contributed by atoms with E-state index in [1.54, 1.807) is 0 Å². The van der Waals surface area contributed by atoms with Gasteiger partial charge in [-0.1, -0.05) is 19.1 Å². The number of carbonyl (C=O) groups excluding carboxylic acids is 1. The van der Waals surface area contributed by atoms with E-state index in [4.69, 9.17) is 0 Å². The number of imidazole rings is 1. The maximum absolute atomic E-state index is 11.9. The monoisotopic (exact) mass is 260 g/mol. The summed E-state index contributed by atoms with van der Waals surface area (Å²) in [6.07, 6.45) is 0. The van der Waals surface area contributed by atoms with Crippen molar-refractivity contribution in [2.45, 2.75) is 19.9 Å². The lowest BCUT2D eigenvalue weighted by Gasteiger charge is -2.15. The van der Waals surface area contributed by atoms with Crippen LogP contribution in [-0.4, -0.2) is 29.5 Å². The Morgan fingerprint density at radius 3 is 2.79 bits per heavy atom. The Hall–Kier alpha value is -1.88. The Balaban J connectivity index is 2.07. The largest absolute Gasteiger partial charge is 0.346 e. The van der Waals surface area contributed by atoms with Gasteiger partial charge in [-0.2, -0.15) is 0 Å². The summed E-state index contributed by atoms with van der Waals surface area (Å²) in [7, 11) is 1.84. The fourth-order valence-corrected chi connectivity index (χ4v) is 2.00. The highest BCUT2D eigenvalue weighted by Crippen LogP contribution is 2.15. The van der Waals surface area contributed by atoms with E-state index in [2.05, 4.69) is 20.6 Å². The molecule has 0 fully saturated rings. The molecule has 19 heavy (non-hydrogen) atoms. The number of nitrogens with zero attached hydrogens (tertiary/aromatic N) is 1. The first-order chi connectivity index (χ1) is 9.11. The van der Waals surface area contributed by atoms with Crippen molar-refractivity contribution in [1.82, 2.24) is 20.6 Å². The molecule has 0 aliphatic heterocycles. The Bertz CT molecular complexity index is 530. The van der Waals surface area contributed by atoms with Crippen LogP contribution < -0.4 is 10.6 Å². The lowest BCUT2D eigenvalue weighted by molar-refractivity contribution is -0.125. The zero-order chi connectivity index (χ0) is 13.8. The van der Waals surface area contributed by atoms with E-state index in [0.29, 0.717) is 6.54 Å². The third-order valence-electron chi connectivity index (χ3n) is 3.13. The van der Waals surface area contributed by atoms with Gasteiger partial charge in [0, 0.05) is 12.5 Å². The van der Waals surface area contributed by atoms with Crippen LogP contribution in [0.2, 0.25) is 0 Å². The van der Waals surface area contributed by atoms with Crippen LogP contribution in [0.4, 0.5) is 0 Å². The van der Waals surface area contributed by atoms with Gasteiger partial charge in [0.05, 0.1) is 17.1 Å². The van der Waals surface area contributed by atoms with Crippen molar-refractivity contribution in [3.63, 3.8) is 0 Å². The molecule has 0 radical (unpaired) electrons. The molecule has 2 aromatic rings.